The van der Waals surface area contributed by atoms with Gasteiger partial charge in [0.1, 0.15) is 5.75 Å². The smallest absolute Gasteiger partial charge is 0.488 e. The van der Waals surface area contributed by atoms with Crippen LogP contribution in [0.2, 0.25) is 0 Å². The fourth-order valence-electron chi connectivity index (χ4n) is 1.18. The summed E-state index contributed by atoms with van der Waals surface area (Å²) in [5, 5.41) is 18.4. The van der Waals surface area contributed by atoms with Gasteiger partial charge >= 0.3 is 7.12 Å². The van der Waals surface area contributed by atoms with Gasteiger partial charge in [-0.2, -0.15) is 11.8 Å². The van der Waals surface area contributed by atoms with E-state index in [1.165, 1.54) is 0 Å². The fourth-order valence-corrected chi connectivity index (χ4v) is 1.83. The van der Waals surface area contributed by atoms with Crippen LogP contribution in [0.4, 0.5) is 0 Å². The molecular formula is C11H17BO3S. The minimum atomic E-state index is -1.41. The molecule has 0 aliphatic heterocycles. The Bertz CT molecular complexity index is 301. The Labute approximate surface area is 101 Å². The maximum absolute atomic E-state index is 8.90. The number of hydrogen-bond donors (Lipinski definition) is 2. The van der Waals surface area contributed by atoms with Crippen LogP contribution in [0.15, 0.2) is 24.3 Å². The van der Waals surface area contributed by atoms with Crippen LogP contribution in [0, 0.1) is 0 Å². The van der Waals surface area contributed by atoms with E-state index in [-0.39, 0.29) is 0 Å². The van der Waals surface area contributed by atoms with E-state index in [0.29, 0.717) is 17.3 Å². The summed E-state index contributed by atoms with van der Waals surface area (Å²) < 4.78 is 5.51. The second-order valence-electron chi connectivity index (χ2n) is 3.71. The van der Waals surface area contributed by atoms with Crippen molar-refractivity contribution >= 4 is 24.3 Å². The Morgan fingerprint density at radius 2 is 1.88 bits per heavy atom. The fraction of sp³-hybridized carbons (Fsp3) is 0.455. The largest absolute Gasteiger partial charge is 0.493 e. The van der Waals surface area contributed by atoms with Crippen LogP contribution < -0.4 is 10.2 Å². The van der Waals surface area contributed by atoms with Gasteiger partial charge in [-0.15, -0.1) is 0 Å². The molecule has 5 heteroatoms. The maximum atomic E-state index is 8.90. The first kappa shape index (κ1) is 13.4. The Morgan fingerprint density at radius 1 is 1.25 bits per heavy atom. The number of ether oxygens (including phenoxy) is 1. The van der Waals surface area contributed by atoms with Gasteiger partial charge < -0.3 is 14.8 Å². The van der Waals surface area contributed by atoms with Crippen molar-refractivity contribution in [1.82, 2.24) is 0 Å². The summed E-state index contributed by atoms with van der Waals surface area (Å²) >= 11 is 1.85. The van der Waals surface area contributed by atoms with Gasteiger partial charge in [-0.3, -0.25) is 0 Å². The third-order valence-corrected chi connectivity index (χ3v) is 3.05. The third-order valence-electron chi connectivity index (χ3n) is 1.98. The summed E-state index contributed by atoms with van der Waals surface area (Å²) in [5.74, 6) is 1.72. The van der Waals surface area contributed by atoms with Crippen LogP contribution in [0.25, 0.3) is 0 Å². The van der Waals surface area contributed by atoms with Crippen LogP contribution in [0.5, 0.6) is 5.75 Å². The van der Waals surface area contributed by atoms with E-state index >= 15 is 0 Å². The van der Waals surface area contributed by atoms with E-state index in [1.807, 2.05) is 11.8 Å². The second kappa shape index (κ2) is 6.83. The molecule has 16 heavy (non-hydrogen) atoms. The Balaban J connectivity index is 2.32. The highest BCUT2D eigenvalue weighted by Crippen LogP contribution is 2.11. The van der Waals surface area contributed by atoms with Crippen LogP contribution in [-0.4, -0.2) is 34.8 Å². The molecule has 88 valence electrons. The minimum absolute atomic E-state index is 0.476. The number of thioether (sulfide) groups is 1. The predicted octanol–water partition coefficient (Wildman–Crippen LogP) is 0.887. The van der Waals surface area contributed by atoms with Gasteiger partial charge in [0.15, 0.2) is 0 Å². The lowest BCUT2D eigenvalue weighted by atomic mass is 9.80. The summed E-state index contributed by atoms with van der Waals surface area (Å²) in [6, 6.07) is 6.79. The van der Waals surface area contributed by atoms with Gasteiger partial charge in [0.25, 0.3) is 0 Å². The van der Waals surface area contributed by atoms with Crippen molar-refractivity contribution in [3.05, 3.63) is 24.3 Å². The summed E-state index contributed by atoms with van der Waals surface area (Å²) in [5.41, 5.74) is 0.476. The van der Waals surface area contributed by atoms with Crippen molar-refractivity contribution in [1.29, 1.82) is 0 Å². The van der Waals surface area contributed by atoms with Crippen LogP contribution in [0.1, 0.15) is 13.8 Å². The van der Waals surface area contributed by atoms with E-state index in [9.17, 15) is 0 Å². The first-order chi connectivity index (χ1) is 7.59. The first-order valence-corrected chi connectivity index (χ1v) is 6.35. The topological polar surface area (TPSA) is 49.7 Å². The summed E-state index contributed by atoms with van der Waals surface area (Å²) in [4.78, 5) is 0. The molecule has 0 atom stereocenters. The number of benzene rings is 1. The van der Waals surface area contributed by atoms with Gasteiger partial charge in [0, 0.05) is 5.75 Å². The normalized spacial score (nSPS) is 10.6. The van der Waals surface area contributed by atoms with Crippen molar-refractivity contribution in [2.45, 2.75) is 19.1 Å². The number of hydrogen-bond acceptors (Lipinski definition) is 4. The average Bonchev–Trinajstić information content (AvgIpc) is 2.25. The Kier molecular flexibility index (Phi) is 5.73. The van der Waals surface area contributed by atoms with E-state index in [4.69, 9.17) is 14.8 Å². The predicted molar refractivity (Wildman–Crippen MR) is 69.4 cm³/mol. The molecule has 0 aliphatic rings. The molecule has 3 nitrogen and oxygen atoms in total. The van der Waals surface area contributed by atoms with Gasteiger partial charge in [-0.1, -0.05) is 26.0 Å². The molecule has 0 aliphatic carbocycles. The molecule has 0 saturated heterocycles. The second-order valence-corrected chi connectivity index (χ2v) is 5.40. The van der Waals surface area contributed by atoms with Gasteiger partial charge in [0.05, 0.1) is 6.61 Å². The molecule has 2 N–H and O–H groups in total. The van der Waals surface area contributed by atoms with E-state index in [1.54, 1.807) is 24.3 Å². The zero-order chi connectivity index (χ0) is 12.0. The molecule has 0 aromatic heterocycles. The lowest BCUT2D eigenvalue weighted by molar-refractivity contribution is 0.344. The van der Waals surface area contributed by atoms with Crippen molar-refractivity contribution in [3.8, 4) is 5.75 Å². The lowest BCUT2D eigenvalue weighted by Crippen LogP contribution is -2.29. The van der Waals surface area contributed by atoms with Crippen LogP contribution in [-0.2, 0) is 0 Å². The highest BCUT2D eigenvalue weighted by Gasteiger charge is 2.09. The van der Waals surface area contributed by atoms with E-state index < -0.39 is 7.12 Å². The number of rotatable bonds is 6. The van der Waals surface area contributed by atoms with Gasteiger partial charge in [-0.05, 0) is 22.8 Å². The summed E-state index contributed by atoms with van der Waals surface area (Å²) in [6.45, 7) is 4.98. The third kappa shape index (κ3) is 4.92. The summed E-state index contributed by atoms with van der Waals surface area (Å²) in [7, 11) is -1.41. The van der Waals surface area contributed by atoms with E-state index in [0.717, 1.165) is 11.5 Å². The zero-order valence-corrected chi connectivity index (χ0v) is 10.4. The molecule has 0 radical (unpaired) electrons. The average molecular weight is 240 g/mol. The molecule has 0 saturated carbocycles. The van der Waals surface area contributed by atoms with Gasteiger partial charge in [-0.25, -0.2) is 0 Å². The molecule has 0 fully saturated rings. The molecule has 1 aromatic rings. The molecule has 0 spiro atoms. The molecule has 0 unspecified atom stereocenters. The van der Waals surface area contributed by atoms with E-state index in [2.05, 4.69) is 13.8 Å². The molecule has 1 aromatic carbocycles. The molecule has 0 amide bonds. The first-order valence-electron chi connectivity index (χ1n) is 5.30. The van der Waals surface area contributed by atoms with Crippen molar-refractivity contribution in [2.75, 3.05) is 12.4 Å². The lowest BCUT2D eigenvalue weighted by Gasteiger charge is -2.08. The van der Waals surface area contributed by atoms with Crippen molar-refractivity contribution < 1.29 is 14.8 Å². The molecular weight excluding hydrogens is 223 g/mol. The van der Waals surface area contributed by atoms with Crippen LogP contribution >= 0.6 is 11.8 Å². The zero-order valence-electron chi connectivity index (χ0n) is 9.59. The van der Waals surface area contributed by atoms with Crippen molar-refractivity contribution in [2.24, 2.45) is 0 Å². The molecule has 1 rings (SSSR count). The summed E-state index contributed by atoms with van der Waals surface area (Å²) in [6.07, 6.45) is 0. The Morgan fingerprint density at radius 3 is 2.38 bits per heavy atom. The highest BCUT2D eigenvalue weighted by atomic mass is 32.2. The maximum Gasteiger partial charge on any atom is 0.488 e. The Hall–Kier alpha value is -0.645. The minimum Gasteiger partial charge on any atom is -0.493 e. The monoisotopic (exact) mass is 240 g/mol. The van der Waals surface area contributed by atoms with Crippen LogP contribution in [0.3, 0.4) is 0 Å². The standard InChI is InChI=1S/C11H17BO3S/c1-9(2)16-8-7-15-11-5-3-10(4-6-11)12(13)14/h3-6,9,13-14H,7-8H2,1-2H3. The SMILES string of the molecule is CC(C)SCCOc1ccc(B(O)O)cc1. The molecule has 0 heterocycles. The quantitative estimate of drug-likeness (QED) is 0.572. The van der Waals surface area contributed by atoms with Gasteiger partial charge in [0.2, 0.25) is 0 Å². The highest BCUT2D eigenvalue weighted by molar-refractivity contribution is 7.99. The van der Waals surface area contributed by atoms with Crippen molar-refractivity contribution in [3.63, 3.8) is 0 Å². The molecule has 0 bridgehead atoms.